The summed E-state index contributed by atoms with van der Waals surface area (Å²) in [6, 6.07) is 28.2. The minimum atomic E-state index is 0.192. The molecule has 0 amide bonds. The van der Waals surface area contributed by atoms with Crippen LogP contribution in [0.2, 0.25) is 0 Å². The van der Waals surface area contributed by atoms with E-state index in [0.29, 0.717) is 11.8 Å². The number of benzene rings is 4. The van der Waals surface area contributed by atoms with Gasteiger partial charge in [-0.1, -0.05) is 60.7 Å². The van der Waals surface area contributed by atoms with E-state index < -0.39 is 0 Å². The monoisotopic (exact) mass is 390 g/mol. The van der Waals surface area contributed by atoms with E-state index in [-0.39, 0.29) is 11.8 Å². The summed E-state index contributed by atoms with van der Waals surface area (Å²) in [5, 5.41) is 21.0. The first-order valence-electron chi connectivity index (χ1n) is 9.49. The van der Waals surface area contributed by atoms with Gasteiger partial charge in [0.15, 0.2) is 0 Å². The average molecular weight is 390 g/mol. The van der Waals surface area contributed by atoms with Gasteiger partial charge in [-0.15, -0.1) is 20.4 Å². The third-order valence-electron chi connectivity index (χ3n) is 5.03. The van der Waals surface area contributed by atoms with Gasteiger partial charge in [-0.2, -0.15) is 0 Å². The number of fused-ring (bicyclic) bond motifs is 2. The largest absolute Gasteiger partial charge is 0.412 e. The fraction of sp³-hybridized carbons (Fsp3) is 0. The molecule has 6 heteroatoms. The normalized spacial score (nSPS) is 11.3. The Morgan fingerprint density at radius 1 is 0.400 bits per heavy atom. The third kappa shape index (κ3) is 2.82. The van der Waals surface area contributed by atoms with E-state index in [9.17, 15) is 0 Å². The minimum absolute atomic E-state index is 0.192. The highest BCUT2D eigenvalue weighted by atomic mass is 16.4. The smallest absolute Gasteiger partial charge is 0.306 e. The summed E-state index contributed by atoms with van der Waals surface area (Å²) in [5.74, 6) is 1.19. The lowest BCUT2D eigenvalue weighted by atomic mass is 10.1. The molecule has 0 aliphatic heterocycles. The molecular weight excluding hydrogens is 376 g/mol. The summed E-state index contributed by atoms with van der Waals surface area (Å²) in [7, 11) is 0. The van der Waals surface area contributed by atoms with Gasteiger partial charge in [0.25, 0.3) is 0 Å². The maximum Gasteiger partial charge on any atom is 0.306 e. The molecule has 30 heavy (non-hydrogen) atoms. The molecule has 0 fully saturated rings. The molecule has 0 N–H and O–H groups in total. The number of rotatable bonds is 3. The molecule has 142 valence electrons. The molecular formula is C24H14N4O2. The molecule has 0 aliphatic rings. The summed E-state index contributed by atoms with van der Waals surface area (Å²) in [6.45, 7) is 0. The van der Waals surface area contributed by atoms with Crippen molar-refractivity contribution in [2.45, 2.75) is 0 Å². The molecule has 2 heterocycles. The van der Waals surface area contributed by atoms with Crippen molar-refractivity contribution in [1.29, 1.82) is 0 Å². The van der Waals surface area contributed by atoms with Crippen molar-refractivity contribution in [3.8, 4) is 34.7 Å². The van der Waals surface area contributed by atoms with Crippen LogP contribution in [0.4, 0.5) is 0 Å². The zero-order chi connectivity index (χ0) is 19.9. The predicted octanol–water partition coefficient (Wildman–Crippen LogP) is 5.76. The molecule has 0 bridgehead atoms. The molecule has 6 rings (SSSR count). The van der Waals surface area contributed by atoms with Crippen LogP contribution in [0.3, 0.4) is 0 Å². The third-order valence-corrected chi connectivity index (χ3v) is 5.03. The Balaban J connectivity index is 1.33. The summed E-state index contributed by atoms with van der Waals surface area (Å²) in [4.78, 5) is 0. The van der Waals surface area contributed by atoms with Crippen LogP contribution >= 0.6 is 0 Å². The second-order valence-electron chi connectivity index (χ2n) is 6.95. The molecule has 6 nitrogen and oxygen atoms in total. The van der Waals surface area contributed by atoms with Crippen LogP contribution in [0, 0.1) is 0 Å². The van der Waals surface area contributed by atoms with E-state index in [1.54, 1.807) is 0 Å². The van der Waals surface area contributed by atoms with Crippen molar-refractivity contribution in [2.24, 2.45) is 0 Å². The summed E-state index contributed by atoms with van der Waals surface area (Å²) in [6.07, 6.45) is 0. The molecule has 0 saturated heterocycles. The van der Waals surface area contributed by atoms with Crippen molar-refractivity contribution in [1.82, 2.24) is 20.4 Å². The molecule has 0 radical (unpaired) electrons. The van der Waals surface area contributed by atoms with Crippen LogP contribution in [-0.4, -0.2) is 20.4 Å². The lowest BCUT2D eigenvalue weighted by molar-refractivity contribution is 0.522. The Labute approximate surface area is 170 Å². The standard InChI is InChI=1S/C24H14N4O2/c1-3-7-17-13-19(11-9-15(17)5-1)21-25-27-23(29-21)24-28-26-22(30-24)20-12-10-16-6-2-4-8-18(16)14-20/h1-14H. The van der Waals surface area contributed by atoms with E-state index in [0.717, 1.165) is 32.7 Å². The lowest BCUT2D eigenvalue weighted by Crippen LogP contribution is -1.79. The molecule has 0 unspecified atom stereocenters. The van der Waals surface area contributed by atoms with Crippen molar-refractivity contribution in [3.63, 3.8) is 0 Å². The lowest BCUT2D eigenvalue weighted by Gasteiger charge is -1.99. The van der Waals surface area contributed by atoms with E-state index in [2.05, 4.69) is 32.5 Å². The maximum absolute atomic E-state index is 5.81. The van der Waals surface area contributed by atoms with Crippen molar-refractivity contribution < 1.29 is 8.83 Å². The van der Waals surface area contributed by atoms with E-state index in [1.165, 1.54) is 0 Å². The highest BCUT2D eigenvalue weighted by Crippen LogP contribution is 2.29. The van der Waals surface area contributed by atoms with Gasteiger partial charge in [0.1, 0.15) is 0 Å². The van der Waals surface area contributed by atoms with Crippen molar-refractivity contribution in [2.75, 3.05) is 0 Å². The minimum Gasteiger partial charge on any atom is -0.412 e. The molecule has 2 aromatic heterocycles. The van der Waals surface area contributed by atoms with Gasteiger partial charge in [0, 0.05) is 11.1 Å². The van der Waals surface area contributed by atoms with Gasteiger partial charge in [-0.05, 0) is 45.8 Å². The molecule has 6 aromatic rings. The van der Waals surface area contributed by atoms with E-state index >= 15 is 0 Å². The number of aromatic nitrogens is 4. The van der Waals surface area contributed by atoms with Gasteiger partial charge in [-0.3, -0.25) is 0 Å². The summed E-state index contributed by atoms with van der Waals surface area (Å²) < 4.78 is 11.6. The fourth-order valence-electron chi connectivity index (χ4n) is 3.50. The molecule has 0 atom stereocenters. The van der Waals surface area contributed by atoms with Crippen molar-refractivity contribution >= 4 is 21.5 Å². The van der Waals surface area contributed by atoms with Crippen LogP contribution in [0.15, 0.2) is 93.8 Å². The van der Waals surface area contributed by atoms with Gasteiger partial charge in [0.2, 0.25) is 11.8 Å². The number of hydrogen-bond acceptors (Lipinski definition) is 6. The highest BCUT2D eigenvalue weighted by molar-refractivity contribution is 5.87. The quantitative estimate of drug-likeness (QED) is 0.382. The highest BCUT2D eigenvalue weighted by Gasteiger charge is 2.18. The number of nitrogens with zero attached hydrogens (tertiary/aromatic N) is 4. The Kier molecular flexibility index (Phi) is 3.67. The Morgan fingerprint density at radius 2 is 0.800 bits per heavy atom. The number of hydrogen-bond donors (Lipinski definition) is 0. The predicted molar refractivity (Wildman–Crippen MR) is 113 cm³/mol. The second-order valence-corrected chi connectivity index (χ2v) is 6.95. The van der Waals surface area contributed by atoms with Crippen LogP contribution in [0.1, 0.15) is 0 Å². The van der Waals surface area contributed by atoms with Gasteiger partial charge in [-0.25, -0.2) is 0 Å². The maximum atomic E-state index is 5.81. The molecule has 0 saturated carbocycles. The zero-order valence-corrected chi connectivity index (χ0v) is 15.7. The Hall–Kier alpha value is -4.32. The summed E-state index contributed by atoms with van der Waals surface area (Å²) in [5.41, 5.74) is 1.67. The van der Waals surface area contributed by atoms with Crippen LogP contribution in [0.5, 0.6) is 0 Å². The van der Waals surface area contributed by atoms with Crippen LogP contribution in [0.25, 0.3) is 56.2 Å². The molecule has 4 aromatic carbocycles. The fourth-order valence-corrected chi connectivity index (χ4v) is 3.50. The Morgan fingerprint density at radius 3 is 1.27 bits per heavy atom. The van der Waals surface area contributed by atoms with Crippen LogP contribution in [-0.2, 0) is 0 Å². The van der Waals surface area contributed by atoms with Gasteiger partial charge in [0.05, 0.1) is 0 Å². The van der Waals surface area contributed by atoms with E-state index in [1.807, 2.05) is 72.8 Å². The SMILES string of the molecule is c1ccc2cc(-c3nnc(-c4nnc(-c5ccc6ccccc6c5)o4)o3)ccc2c1. The van der Waals surface area contributed by atoms with Crippen molar-refractivity contribution in [3.05, 3.63) is 84.9 Å². The van der Waals surface area contributed by atoms with Crippen LogP contribution < -0.4 is 0 Å². The topological polar surface area (TPSA) is 77.8 Å². The molecule has 0 spiro atoms. The Bertz CT molecular complexity index is 1400. The zero-order valence-electron chi connectivity index (χ0n) is 15.7. The second kappa shape index (κ2) is 6.63. The van der Waals surface area contributed by atoms with Gasteiger partial charge < -0.3 is 8.83 Å². The molecule has 0 aliphatic carbocycles. The first kappa shape index (κ1) is 16.6. The first-order valence-corrected chi connectivity index (χ1v) is 9.49. The van der Waals surface area contributed by atoms with Gasteiger partial charge >= 0.3 is 11.8 Å². The summed E-state index contributed by atoms with van der Waals surface area (Å²) >= 11 is 0. The average Bonchev–Trinajstić information content (AvgIpc) is 3.48. The first-order chi connectivity index (χ1) is 14.8. The van der Waals surface area contributed by atoms with E-state index in [4.69, 9.17) is 8.83 Å².